The minimum atomic E-state index is -0.0124. The van der Waals surface area contributed by atoms with Crippen LogP contribution < -0.4 is 16.6 Å². The van der Waals surface area contributed by atoms with Crippen LogP contribution in [0, 0.1) is 0 Å². The topological polar surface area (TPSA) is 81.4 Å². The van der Waals surface area contributed by atoms with E-state index in [0.29, 0.717) is 48.0 Å². The molecule has 18 heavy (non-hydrogen) atoms. The zero-order valence-electron chi connectivity index (χ0n) is 9.58. The van der Waals surface area contributed by atoms with Crippen molar-refractivity contribution >= 4 is 34.8 Å². The van der Waals surface area contributed by atoms with Crippen molar-refractivity contribution in [2.45, 2.75) is 6.10 Å². The third-order valence-electron chi connectivity index (χ3n) is 2.45. The number of nitrogens with zero attached hydrogens (tertiary/aromatic N) is 1. The molecule has 1 atom stereocenters. The summed E-state index contributed by atoms with van der Waals surface area (Å²) in [6.07, 6.45) is -0.0124. The summed E-state index contributed by atoms with van der Waals surface area (Å²) < 4.78 is 10.8. The number of hydrogen-bond donors (Lipinski definition) is 3. The van der Waals surface area contributed by atoms with E-state index in [1.54, 1.807) is 6.07 Å². The van der Waals surface area contributed by atoms with Crippen molar-refractivity contribution in [1.82, 2.24) is 4.98 Å². The van der Waals surface area contributed by atoms with E-state index in [4.69, 9.17) is 38.5 Å². The molecule has 1 fully saturated rings. The molecule has 0 amide bonds. The first kappa shape index (κ1) is 13.6. The molecule has 1 aromatic heterocycles. The molecule has 2 rings (SSSR count). The molecule has 4 N–H and O–H groups in total. The predicted octanol–water partition coefficient (Wildman–Crippen LogP) is 1.50. The van der Waals surface area contributed by atoms with Gasteiger partial charge in [-0.15, -0.1) is 0 Å². The number of nitrogens with one attached hydrogen (secondary N) is 2. The van der Waals surface area contributed by atoms with Gasteiger partial charge < -0.3 is 20.2 Å². The Morgan fingerprint density at radius 1 is 1.33 bits per heavy atom. The van der Waals surface area contributed by atoms with Gasteiger partial charge >= 0.3 is 0 Å². The fraction of sp³-hybridized carbons (Fsp3) is 0.500. The summed E-state index contributed by atoms with van der Waals surface area (Å²) in [7, 11) is 0. The lowest BCUT2D eigenvalue weighted by molar-refractivity contribution is -0.0819. The Morgan fingerprint density at radius 3 is 2.78 bits per heavy atom. The monoisotopic (exact) mass is 292 g/mol. The summed E-state index contributed by atoms with van der Waals surface area (Å²) >= 11 is 11.9. The fourth-order valence-electron chi connectivity index (χ4n) is 1.56. The molecule has 0 bridgehead atoms. The maximum Gasteiger partial charge on any atom is 0.161 e. The highest BCUT2D eigenvalue weighted by molar-refractivity contribution is 6.37. The summed E-state index contributed by atoms with van der Waals surface area (Å²) in [4.78, 5) is 4.17. The number of aromatic nitrogens is 1. The Morgan fingerprint density at radius 2 is 2.11 bits per heavy atom. The first-order valence-electron chi connectivity index (χ1n) is 5.46. The van der Waals surface area contributed by atoms with Gasteiger partial charge in [-0.25, -0.2) is 10.8 Å². The second-order valence-electron chi connectivity index (χ2n) is 3.74. The van der Waals surface area contributed by atoms with Gasteiger partial charge in [-0.3, -0.25) is 0 Å². The normalized spacial score (nSPS) is 19.6. The average Bonchev–Trinajstić information content (AvgIpc) is 2.39. The number of nitrogens with two attached hydrogens (primary N) is 1. The standard InChI is InChI=1S/C10H14Cl2N4O2/c11-7-3-8(12)10(16-13)15-9(7)14-4-6-5-17-1-2-18-6/h3,6H,1-2,4-5,13H2,(H2,14,15,16). The highest BCUT2D eigenvalue weighted by atomic mass is 35.5. The van der Waals surface area contributed by atoms with E-state index < -0.39 is 0 Å². The SMILES string of the molecule is NNc1nc(NCC2COCCO2)c(Cl)cc1Cl. The minimum absolute atomic E-state index is 0.0124. The molecule has 0 aliphatic carbocycles. The Labute approximate surface area is 115 Å². The second kappa shape index (κ2) is 6.40. The molecule has 1 aromatic rings. The largest absolute Gasteiger partial charge is 0.376 e. The number of hydrogen-bond acceptors (Lipinski definition) is 6. The quantitative estimate of drug-likeness (QED) is 0.576. The maximum absolute atomic E-state index is 6.03. The minimum Gasteiger partial charge on any atom is -0.376 e. The summed E-state index contributed by atoms with van der Waals surface area (Å²) in [5, 5.41) is 3.87. The molecule has 1 aliphatic heterocycles. The Kier molecular flexibility index (Phi) is 4.85. The Hall–Kier alpha value is -0.790. The number of hydrazine groups is 1. The first-order chi connectivity index (χ1) is 8.70. The smallest absolute Gasteiger partial charge is 0.161 e. The average molecular weight is 293 g/mol. The van der Waals surface area contributed by atoms with Gasteiger partial charge in [-0.05, 0) is 6.07 Å². The molecule has 100 valence electrons. The summed E-state index contributed by atoms with van der Waals surface area (Å²) in [6.45, 7) is 2.35. The Bertz CT molecular complexity index is 413. The molecule has 0 saturated carbocycles. The molecule has 1 saturated heterocycles. The van der Waals surface area contributed by atoms with Crippen LogP contribution in [0.4, 0.5) is 11.6 Å². The van der Waals surface area contributed by atoms with Crippen LogP contribution in [0.3, 0.4) is 0 Å². The first-order valence-corrected chi connectivity index (χ1v) is 6.22. The van der Waals surface area contributed by atoms with Crippen LogP contribution in [0.15, 0.2) is 6.07 Å². The number of nitrogen functional groups attached to an aromatic ring is 1. The van der Waals surface area contributed by atoms with E-state index in [-0.39, 0.29) is 6.10 Å². The number of ether oxygens (including phenoxy) is 2. The number of anilines is 2. The van der Waals surface area contributed by atoms with E-state index in [1.807, 2.05) is 0 Å². The zero-order chi connectivity index (χ0) is 13.0. The van der Waals surface area contributed by atoms with E-state index in [1.165, 1.54) is 0 Å². The molecular weight excluding hydrogens is 279 g/mol. The van der Waals surface area contributed by atoms with Gasteiger partial charge in [0.1, 0.15) is 5.82 Å². The molecule has 8 heteroatoms. The van der Waals surface area contributed by atoms with Crippen LogP contribution in [0.2, 0.25) is 10.0 Å². The van der Waals surface area contributed by atoms with Crippen LogP contribution in [-0.4, -0.2) is 37.5 Å². The Balaban J connectivity index is 1.99. The van der Waals surface area contributed by atoms with Gasteiger partial charge in [0.05, 0.1) is 36.0 Å². The lowest BCUT2D eigenvalue weighted by Gasteiger charge is -2.23. The number of halogens is 2. The van der Waals surface area contributed by atoms with Crippen LogP contribution in [0.25, 0.3) is 0 Å². The lowest BCUT2D eigenvalue weighted by Crippen LogP contribution is -2.34. The highest BCUT2D eigenvalue weighted by Crippen LogP contribution is 2.28. The van der Waals surface area contributed by atoms with E-state index >= 15 is 0 Å². The molecular formula is C10H14Cl2N4O2. The molecule has 0 aromatic carbocycles. The highest BCUT2D eigenvalue weighted by Gasteiger charge is 2.15. The van der Waals surface area contributed by atoms with E-state index in [0.717, 1.165) is 0 Å². The van der Waals surface area contributed by atoms with Gasteiger partial charge in [0.2, 0.25) is 0 Å². The summed E-state index contributed by atoms with van der Waals surface area (Å²) in [6, 6.07) is 1.58. The van der Waals surface area contributed by atoms with Crippen molar-refractivity contribution in [1.29, 1.82) is 0 Å². The van der Waals surface area contributed by atoms with E-state index in [2.05, 4.69) is 15.7 Å². The van der Waals surface area contributed by atoms with Crippen LogP contribution in [-0.2, 0) is 9.47 Å². The maximum atomic E-state index is 6.03. The molecule has 0 spiro atoms. The van der Waals surface area contributed by atoms with Crippen molar-refractivity contribution in [2.24, 2.45) is 5.84 Å². The van der Waals surface area contributed by atoms with Crippen LogP contribution >= 0.6 is 23.2 Å². The number of pyridine rings is 1. The van der Waals surface area contributed by atoms with Crippen LogP contribution in [0.1, 0.15) is 0 Å². The van der Waals surface area contributed by atoms with Crippen molar-refractivity contribution in [3.8, 4) is 0 Å². The van der Waals surface area contributed by atoms with Crippen molar-refractivity contribution < 1.29 is 9.47 Å². The van der Waals surface area contributed by atoms with Gasteiger partial charge in [0, 0.05) is 6.54 Å². The van der Waals surface area contributed by atoms with Crippen molar-refractivity contribution in [3.63, 3.8) is 0 Å². The molecule has 1 aliphatic rings. The van der Waals surface area contributed by atoms with Gasteiger partial charge in [-0.1, -0.05) is 23.2 Å². The van der Waals surface area contributed by atoms with E-state index in [9.17, 15) is 0 Å². The van der Waals surface area contributed by atoms with Gasteiger partial charge in [-0.2, -0.15) is 0 Å². The third-order valence-corrected chi connectivity index (χ3v) is 3.02. The second-order valence-corrected chi connectivity index (χ2v) is 4.56. The van der Waals surface area contributed by atoms with Crippen molar-refractivity contribution in [3.05, 3.63) is 16.1 Å². The van der Waals surface area contributed by atoms with Crippen molar-refractivity contribution in [2.75, 3.05) is 37.1 Å². The number of rotatable bonds is 4. The summed E-state index contributed by atoms with van der Waals surface area (Å²) in [5.74, 6) is 6.16. The molecule has 2 heterocycles. The predicted molar refractivity (Wildman–Crippen MR) is 71.1 cm³/mol. The molecule has 1 unspecified atom stereocenters. The third kappa shape index (κ3) is 3.37. The lowest BCUT2D eigenvalue weighted by atomic mass is 10.3. The van der Waals surface area contributed by atoms with Crippen LogP contribution in [0.5, 0.6) is 0 Å². The molecule has 6 nitrogen and oxygen atoms in total. The van der Waals surface area contributed by atoms with Gasteiger partial charge in [0.15, 0.2) is 5.82 Å². The molecule has 0 radical (unpaired) electrons. The summed E-state index contributed by atoms with van der Waals surface area (Å²) in [5.41, 5.74) is 2.40. The zero-order valence-corrected chi connectivity index (χ0v) is 11.1. The fourth-order valence-corrected chi connectivity index (χ4v) is 2.04. The van der Waals surface area contributed by atoms with Gasteiger partial charge in [0.25, 0.3) is 0 Å².